The first-order chi connectivity index (χ1) is 18.4. The molecule has 2 fully saturated rings. The summed E-state index contributed by atoms with van der Waals surface area (Å²) in [6.07, 6.45) is -0.947. The van der Waals surface area contributed by atoms with Gasteiger partial charge in [-0.25, -0.2) is 4.98 Å². The third-order valence-electron chi connectivity index (χ3n) is 7.40. The maximum atomic E-state index is 13.7. The number of hydrogen-bond donors (Lipinski definition) is 3. The minimum Gasteiger partial charge on any atom is -0.366 e. The van der Waals surface area contributed by atoms with Gasteiger partial charge in [0.2, 0.25) is 11.9 Å². The maximum Gasteiger partial charge on any atom is 0.421 e. The predicted octanol–water partition coefficient (Wildman–Crippen LogP) is 4.12. The summed E-state index contributed by atoms with van der Waals surface area (Å²) < 4.78 is 41.1. The lowest BCUT2D eigenvalue weighted by Gasteiger charge is -2.37. The molecule has 1 saturated heterocycles. The van der Waals surface area contributed by atoms with Gasteiger partial charge in [0.15, 0.2) is 0 Å². The van der Waals surface area contributed by atoms with Gasteiger partial charge in [0.25, 0.3) is 5.91 Å². The molecular formula is C27H36F3N7O2. The molecule has 0 bridgehead atoms. The van der Waals surface area contributed by atoms with Crippen LogP contribution in [0.1, 0.15) is 55.5 Å². The van der Waals surface area contributed by atoms with Crippen molar-refractivity contribution in [2.45, 2.75) is 63.8 Å². The van der Waals surface area contributed by atoms with Gasteiger partial charge in [-0.2, -0.15) is 18.2 Å². The van der Waals surface area contributed by atoms with Crippen molar-refractivity contribution in [1.29, 1.82) is 0 Å². The monoisotopic (exact) mass is 547 g/mol. The zero-order chi connectivity index (χ0) is 28.3. The number of alkyl halides is 3. The standard InChI is InChI=1S/C27H36F3N7O2/c1-16(2)32-24(38)20-9-10-22(20)34-23-21(27(28,29)30)15-31-26(35-23)33-18-7-5-17(6-8-18)25(39)37(4)19-11-13-36(3)14-12-19/h5-8,15-16,19-20,22H,9-14H2,1-4H3,(H,32,38)(H2,31,33,34,35)/t20-,22+/m0/s1. The summed E-state index contributed by atoms with van der Waals surface area (Å²) in [4.78, 5) is 37.3. The Morgan fingerprint density at radius 3 is 2.31 bits per heavy atom. The third kappa shape index (κ3) is 6.97. The van der Waals surface area contributed by atoms with Crippen molar-refractivity contribution < 1.29 is 22.8 Å². The van der Waals surface area contributed by atoms with Gasteiger partial charge in [0, 0.05) is 42.6 Å². The van der Waals surface area contributed by atoms with Crippen LogP contribution in [0.4, 0.5) is 30.6 Å². The Morgan fingerprint density at radius 2 is 1.74 bits per heavy atom. The lowest BCUT2D eigenvalue weighted by atomic mass is 9.78. The zero-order valence-corrected chi connectivity index (χ0v) is 22.7. The minimum absolute atomic E-state index is 0.0319. The summed E-state index contributed by atoms with van der Waals surface area (Å²) in [7, 11) is 3.88. The predicted molar refractivity (Wildman–Crippen MR) is 143 cm³/mol. The molecule has 1 aromatic heterocycles. The highest BCUT2D eigenvalue weighted by atomic mass is 19.4. The molecule has 2 atom stereocenters. The van der Waals surface area contributed by atoms with Crippen LogP contribution < -0.4 is 16.0 Å². The number of benzene rings is 1. The van der Waals surface area contributed by atoms with Crippen molar-refractivity contribution in [1.82, 2.24) is 25.1 Å². The van der Waals surface area contributed by atoms with Crippen molar-refractivity contribution in [2.24, 2.45) is 5.92 Å². The highest BCUT2D eigenvalue weighted by molar-refractivity contribution is 5.94. The van der Waals surface area contributed by atoms with E-state index in [0.29, 0.717) is 24.1 Å². The zero-order valence-electron chi connectivity index (χ0n) is 22.7. The number of halogens is 3. The number of nitrogens with zero attached hydrogens (tertiary/aromatic N) is 4. The van der Waals surface area contributed by atoms with E-state index in [1.54, 1.807) is 29.2 Å². The van der Waals surface area contributed by atoms with E-state index >= 15 is 0 Å². The second-order valence-corrected chi connectivity index (χ2v) is 10.7. The van der Waals surface area contributed by atoms with Gasteiger partial charge >= 0.3 is 6.18 Å². The first-order valence-corrected chi connectivity index (χ1v) is 13.3. The van der Waals surface area contributed by atoms with E-state index in [9.17, 15) is 22.8 Å². The fraction of sp³-hybridized carbons (Fsp3) is 0.556. The maximum absolute atomic E-state index is 13.7. The number of likely N-dealkylation sites (tertiary alicyclic amines) is 1. The molecule has 39 heavy (non-hydrogen) atoms. The Labute approximate surface area is 226 Å². The number of rotatable bonds is 8. The van der Waals surface area contributed by atoms with Crippen LogP contribution in [0.15, 0.2) is 30.5 Å². The minimum atomic E-state index is -4.66. The number of anilines is 3. The van der Waals surface area contributed by atoms with Crippen LogP contribution in [-0.2, 0) is 11.0 Å². The first-order valence-electron chi connectivity index (χ1n) is 13.3. The van der Waals surface area contributed by atoms with Gasteiger partial charge in [-0.05, 0) is 83.9 Å². The molecule has 0 spiro atoms. The molecule has 1 aliphatic carbocycles. The molecule has 12 heteroatoms. The summed E-state index contributed by atoms with van der Waals surface area (Å²) in [6, 6.07) is 6.35. The number of nitrogens with one attached hydrogen (secondary N) is 3. The number of carbonyl (C=O) groups excluding carboxylic acids is 2. The van der Waals surface area contributed by atoms with E-state index in [-0.39, 0.29) is 35.7 Å². The van der Waals surface area contributed by atoms with Gasteiger partial charge in [0.1, 0.15) is 11.4 Å². The van der Waals surface area contributed by atoms with E-state index in [1.165, 1.54) is 0 Å². The lowest BCUT2D eigenvalue weighted by molar-refractivity contribution is -0.137. The summed E-state index contributed by atoms with van der Waals surface area (Å²) in [5.74, 6) is -1.11. The average molecular weight is 548 g/mol. The van der Waals surface area contributed by atoms with Crippen LogP contribution in [0, 0.1) is 5.92 Å². The van der Waals surface area contributed by atoms with Crippen LogP contribution >= 0.6 is 0 Å². The van der Waals surface area contributed by atoms with Gasteiger partial charge in [0.05, 0.1) is 5.92 Å². The summed E-state index contributed by atoms with van der Waals surface area (Å²) in [5, 5.41) is 8.56. The normalized spacial score (nSPS) is 20.3. The van der Waals surface area contributed by atoms with Crippen LogP contribution in [0.5, 0.6) is 0 Å². The number of carbonyl (C=O) groups is 2. The van der Waals surface area contributed by atoms with Gasteiger partial charge < -0.3 is 25.8 Å². The Kier molecular flexibility index (Phi) is 8.63. The summed E-state index contributed by atoms with van der Waals surface area (Å²) >= 11 is 0. The lowest BCUT2D eigenvalue weighted by Crippen LogP contribution is -2.49. The van der Waals surface area contributed by atoms with Gasteiger partial charge in [-0.3, -0.25) is 9.59 Å². The second-order valence-electron chi connectivity index (χ2n) is 10.7. The molecule has 2 aliphatic rings. The smallest absolute Gasteiger partial charge is 0.366 e. The molecule has 212 valence electrons. The van der Waals surface area contributed by atoms with E-state index in [2.05, 4.69) is 37.9 Å². The van der Waals surface area contributed by atoms with Crippen molar-refractivity contribution in [3.8, 4) is 0 Å². The quantitative estimate of drug-likeness (QED) is 0.457. The van der Waals surface area contributed by atoms with Crippen molar-refractivity contribution in [3.63, 3.8) is 0 Å². The molecule has 9 nitrogen and oxygen atoms in total. The Balaban J connectivity index is 1.45. The number of hydrogen-bond acceptors (Lipinski definition) is 7. The molecule has 0 radical (unpaired) electrons. The molecule has 2 aromatic rings. The molecule has 1 saturated carbocycles. The fourth-order valence-electron chi connectivity index (χ4n) is 4.89. The molecule has 3 N–H and O–H groups in total. The van der Waals surface area contributed by atoms with Crippen molar-refractivity contribution >= 4 is 29.3 Å². The number of amides is 2. The largest absolute Gasteiger partial charge is 0.421 e. The highest BCUT2D eigenvalue weighted by Gasteiger charge is 2.40. The number of piperidine rings is 1. The van der Waals surface area contributed by atoms with E-state index in [4.69, 9.17) is 0 Å². The van der Waals surface area contributed by atoms with E-state index < -0.39 is 23.7 Å². The molecule has 4 rings (SSSR count). The van der Waals surface area contributed by atoms with Crippen LogP contribution in [-0.4, -0.2) is 76.9 Å². The number of aromatic nitrogens is 2. The Bertz CT molecular complexity index is 1160. The molecular weight excluding hydrogens is 511 g/mol. The van der Waals surface area contributed by atoms with E-state index in [1.807, 2.05) is 20.9 Å². The molecule has 0 unspecified atom stereocenters. The van der Waals surface area contributed by atoms with Crippen LogP contribution in [0.3, 0.4) is 0 Å². The topological polar surface area (TPSA) is 102 Å². The molecule has 2 amide bonds. The van der Waals surface area contributed by atoms with Gasteiger partial charge in [-0.1, -0.05) is 0 Å². The van der Waals surface area contributed by atoms with Crippen molar-refractivity contribution in [3.05, 3.63) is 41.6 Å². The van der Waals surface area contributed by atoms with Crippen LogP contribution in [0.2, 0.25) is 0 Å². The third-order valence-corrected chi connectivity index (χ3v) is 7.40. The molecule has 1 aliphatic heterocycles. The highest BCUT2D eigenvalue weighted by Crippen LogP contribution is 2.37. The Morgan fingerprint density at radius 1 is 1.08 bits per heavy atom. The van der Waals surface area contributed by atoms with Crippen LogP contribution in [0.25, 0.3) is 0 Å². The SMILES string of the molecule is CC(C)NC(=O)[C@H]1CC[C@H]1Nc1nc(Nc2ccc(C(=O)N(C)C3CCN(C)CC3)cc2)ncc1C(F)(F)F. The van der Waals surface area contributed by atoms with Crippen molar-refractivity contribution in [2.75, 3.05) is 37.8 Å². The molecule has 2 heterocycles. The average Bonchev–Trinajstić information content (AvgIpc) is 2.85. The Hall–Kier alpha value is -3.41. The fourth-order valence-corrected chi connectivity index (χ4v) is 4.89. The van der Waals surface area contributed by atoms with Gasteiger partial charge in [-0.15, -0.1) is 0 Å². The first kappa shape index (κ1) is 28.6. The molecule has 1 aromatic carbocycles. The summed E-state index contributed by atoms with van der Waals surface area (Å²) in [5.41, 5.74) is 0.0475. The van der Waals surface area contributed by atoms with E-state index in [0.717, 1.165) is 32.1 Å². The second kappa shape index (κ2) is 11.8. The summed E-state index contributed by atoms with van der Waals surface area (Å²) in [6.45, 7) is 5.56.